The molecule has 4 nitrogen and oxygen atoms in total. The highest BCUT2D eigenvalue weighted by Gasteiger charge is 2.18. The normalized spacial score (nSPS) is 13.3. The Kier molecular flexibility index (Phi) is 6.69. The van der Waals surface area contributed by atoms with Crippen LogP contribution in [0.4, 0.5) is 5.82 Å². The van der Waals surface area contributed by atoms with E-state index in [9.17, 15) is 0 Å². The summed E-state index contributed by atoms with van der Waals surface area (Å²) < 4.78 is 0. The van der Waals surface area contributed by atoms with Crippen LogP contribution in [0, 0.1) is 5.92 Å². The van der Waals surface area contributed by atoms with E-state index in [0.29, 0.717) is 23.0 Å². The first-order valence-electron chi connectivity index (χ1n) is 7.22. The van der Waals surface area contributed by atoms with Crippen molar-refractivity contribution in [1.29, 1.82) is 0 Å². The first-order valence-corrected chi connectivity index (χ1v) is 7.60. The van der Waals surface area contributed by atoms with E-state index in [0.717, 1.165) is 24.3 Å². The molecule has 1 aromatic rings. The van der Waals surface area contributed by atoms with Gasteiger partial charge in [-0.05, 0) is 32.4 Å². The summed E-state index contributed by atoms with van der Waals surface area (Å²) in [5, 5.41) is 4.10. The zero-order valence-corrected chi connectivity index (χ0v) is 14.2. The van der Waals surface area contributed by atoms with Gasteiger partial charge in [0.25, 0.3) is 0 Å². The fourth-order valence-corrected chi connectivity index (χ4v) is 2.73. The Labute approximate surface area is 127 Å². The minimum atomic E-state index is 0.297. The molecule has 1 N–H and O–H groups in total. The molecule has 1 atom stereocenters. The van der Waals surface area contributed by atoms with E-state index in [-0.39, 0.29) is 0 Å². The molecular formula is C15H27ClN4. The monoisotopic (exact) mass is 298 g/mol. The van der Waals surface area contributed by atoms with Crippen molar-refractivity contribution in [2.24, 2.45) is 5.92 Å². The van der Waals surface area contributed by atoms with Gasteiger partial charge in [0.15, 0.2) is 0 Å². The maximum Gasteiger partial charge on any atom is 0.138 e. The summed E-state index contributed by atoms with van der Waals surface area (Å²) in [7, 11) is 4.18. The molecule has 0 aromatic carbocycles. The second-order valence-electron chi connectivity index (χ2n) is 6.31. The van der Waals surface area contributed by atoms with Crippen molar-refractivity contribution in [3.05, 3.63) is 17.0 Å². The van der Waals surface area contributed by atoms with Crippen molar-refractivity contribution in [2.75, 3.05) is 26.0 Å². The summed E-state index contributed by atoms with van der Waals surface area (Å²) >= 11 is 6.22. The fraction of sp³-hybridized carbons (Fsp3) is 0.733. The number of nitrogens with zero attached hydrogens (tertiary/aromatic N) is 3. The van der Waals surface area contributed by atoms with Crippen LogP contribution < -0.4 is 5.32 Å². The van der Waals surface area contributed by atoms with E-state index in [2.05, 4.69) is 62.0 Å². The SMILES string of the molecule is CC(C)CC(CN(C)C)Nc1ncnc(Cl)c1C(C)C. The molecule has 1 aromatic heterocycles. The molecule has 0 fully saturated rings. The van der Waals surface area contributed by atoms with E-state index in [1.54, 1.807) is 0 Å². The highest BCUT2D eigenvalue weighted by molar-refractivity contribution is 6.30. The van der Waals surface area contributed by atoms with E-state index >= 15 is 0 Å². The van der Waals surface area contributed by atoms with Gasteiger partial charge >= 0.3 is 0 Å². The lowest BCUT2D eigenvalue weighted by atomic mass is 10.0. The van der Waals surface area contributed by atoms with Crippen LogP contribution in [0.3, 0.4) is 0 Å². The summed E-state index contributed by atoms with van der Waals surface area (Å²) in [6.45, 7) is 9.66. The largest absolute Gasteiger partial charge is 0.366 e. The van der Waals surface area contributed by atoms with Gasteiger partial charge in [-0.25, -0.2) is 9.97 Å². The number of nitrogens with one attached hydrogen (secondary N) is 1. The molecule has 1 heterocycles. The van der Waals surface area contributed by atoms with Crippen LogP contribution in [0.2, 0.25) is 5.15 Å². The van der Waals surface area contributed by atoms with Gasteiger partial charge in [-0.2, -0.15) is 0 Å². The highest BCUT2D eigenvalue weighted by Crippen LogP contribution is 2.28. The molecule has 0 radical (unpaired) electrons. The fourth-order valence-electron chi connectivity index (χ4n) is 2.38. The van der Waals surface area contributed by atoms with E-state index in [4.69, 9.17) is 11.6 Å². The quantitative estimate of drug-likeness (QED) is 0.780. The maximum absolute atomic E-state index is 6.22. The van der Waals surface area contributed by atoms with Crippen molar-refractivity contribution >= 4 is 17.4 Å². The van der Waals surface area contributed by atoms with Crippen LogP contribution in [0.25, 0.3) is 0 Å². The second kappa shape index (κ2) is 7.79. The molecule has 0 saturated carbocycles. The summed E-state index contributed by atoms with van der Waals surface area (Å²) in [5.41, 5.74) is 1.00. The van der Waals surface area contributed by atoms with Gasteiger partial charge in [0, 0.05) is 18.2 Å². The molecule has 0 aliphatic heterocycles. The standard InChI is InChI=1S/C15H27ClN4/c1-10(2)7-12(8-20(5)6)19-15-13(11(3)4)14(16)17-9-18-15/h9-12H,7-8H2,1-6H3,(H,17,18,19). The number of likely N-dealkylation sites (N-methyl/N-ethyl adjacent to an activating group) is 1. The lowest BCUT2D eigenvalue weighted by Crippen LogP contribution is -2.34. The Morgan fingerprint density at radius 3 is 2.35 bits per heavy atom. The third-order valence-corrected chi connectivity index (χ3v) is 3.40. The lowest BCUT2D eigenvalue weighted by Gasteiger charge is -2.26. The van der Waals surface area contributed by atoms with E-state index < -0.39 is 0 Å². The Morgan fingerprint density at radius 1 is 1.20 bits per heavy atom. The molecule has 0 aliphatic carbocycles. The number of hydrogen-bond donors (Lipinski definition) is 1. The third kappa shape index (κ3) is 5.25. The van der Waals surface area contributed by atoms with Gasteiger partial charge in [-0.3, -0.25) is 0 Å². The average molecular weight is 299 g/mol. The van der Waals surface area contributed by atoms with Gasteiger partial charge in [-0.15, -0.1) is 0 Å². The molecule has 1 rings (SSSR count). The Bertz CT molecular complexity index is 408. The molecule has 0 amide bonds. The molecule has 20 heavy (non-hydrogen) atoms. The molecule has 0 spiro atoms. The molecule has 0 bridgehead atoms. The number of anilines is 1. The van der Waals surface area contributed by atoms with Gasteiger partial charge in [0.2, 0.25) is 0 Å². The van der Waals surface area contributed by atoms with Crippen molar-refractivity contribution < 1.29 is 0 Å². The molecular weight excluding hydrogens is 272 g/mol. The summed E-state index contributed by atoms with van der Waals surface area (Å²) in [4.78, 5) is 10.7. The smallest absolute Gasteiger partial charge is 0.138 e. The number of hydrogen-bond acceptors (Lipinski definition) is 4. The first kappa shape index (κ1) is 17.2. The summed E-state index contributed by atoms with van der Waals surface area (Å²) in [6.07, 6.45) is 2.62. The Morgan fingerprint density at radius 2 is 1.85 bits per heavy atom. The second-order valence-corrected chi connectivity index (χ2v) is 6.67. The van der Waals surface area contributed by atoms with Gasteiger partial charge < -0.3 is 10.2 Å². The van der Waals surface area contributed by atoms with Gasteiger partial charge in [-0.1, -0.05) is 39.3 Å². The lowest BCUT2D eigenvalue weighted by molar-refractivity contribution is 0.356. The predicted octanol–water partition coefficient (Wildman–Crippen LogP) is 3.64. The molecule has 0 aliphatic rings. The zero-order valence-electron chi connectivity index (χ0n) is 13.4. The number of aromatic nitrogens is 2. The third-order valence-electron chi connectivity index (χ3n) is 3.09. The zero-order chi connectivity index (χ0) is 15.3. The average Bonchev–Trinajstić information content (AvgIpc) is 2.26. The summed E-state index contributed by atoms with van der Waals surface area (Å²) in [5.74, 6) is 1.80. The summed E-state index contributed by atoms with van der Waals surface area (Å²) in [6, 6.07) is 0.355. The molecule has 1 unspecified atom stereocenters. The highest BCUT2D eigenvalue weighted by atomic mass is 35.5. The van der Waals surface area contributed by atoms with E-state index in [1.807, 2.05) is 0 Å². The van der Waals surface area contributed by atoms with Crippen LogP contribution in [0.1, 0.15) is 45.6 Å². The first-order chi connectivity index (χ1) is 9.31. The molecule has 114 valence electrons. The van der Waals surface area contributed by atoms with Gasteiger partial charge in [0.05, 0.1) is 0 Å². The number of rotatable bonds is 7. The Hall–Kier alpha value is -0.870. The predicted molar refractivity (Wildman–Crippen MR) is 86.6 cm³/mol. The molecule has 0 saturated heterocycles. The van der Waals surface area contributed by atoms with Crippen molar-refractivity contribution in [3.8, 4) is 0 Å². The van der Waals surface area contributed by atoms with Crippen LogP contribution in [-0.4, -0.2) is 41.5 Å². The van der Waals surface area contributed by atoms with Crippen LogP contribution in [-0.2, 0) is 0 Å². The number of halogens is 1. The topological polar surface area (TPSA) is 41.0 Å². The van der Waals surface area contributed by atoms with Crippen molar-refractivity contribution in [2.45, 2.75) is 46.1 Å². The van der Waals surface area contributed by atoms with Crippen LogP contribution in [0.5, 0.6) is 0 Å². The Balaban J connectivity index is 2.95. The van der Waals surface area contributed by atoms with Crippen LogP contribution >= 0.6 is 11.6 Å². The van der Waals surface area contributed by atoms with Gasteiger partial charge in [0.1, 0.15) is 17.3 Å². The van der Waals surface area contributed by atoms with Crippen molar-refractivity contribution in [3.63, 3.8) is 0 Å². The van der Waals surface area contributed by atoms with Crippen molar-refractivity contribution in [1.82, 2.24) is 14.9 Å². The maximum atomic E-state index is 6.22. The molecule has 5 heteroatoms. The van der Waals surface area contributed by atoms with E-state index in [1.165, 1.54) is 6.33 Å². The minimum absolute atomic E-state index is 0.297. The minimum Gasteiger partial charge on any atom is -0.366 e. The van der Waals surface area contributed by atoms with Crippen LogP contribution in [0.15, 0.2) is 6.33 Å².